The summed E-state index contributed by atoms with van der Waals surface area (Å²) >= 11 is 1.63. The number of nitrogens with one attached hydrogen (secondary N) is 2. The molecule has 0 saturated carbocycles. The molecule has 0 saturated heterocycles. The van der Waals surface area contributed by atoms with Gasteiger partial charge in [0.25, 0.3) is 6.01 Å². The molecule has 6 nitrogen and oxygen atoms in total. The van der Waals surface area contributed by atoms with Crippen LogP contribution in [0, 0.1) is 5.92 Å². The number of fused-ring (bicyclic) bond motifs is 1. The highest BCUT2D eigenvalue weighted by atomic mass is 32.2. The van der Waals surface area contributed by atoms with Gasteiger partial charge in [0.1, 0.15) is 5.52 Å². The van der Waals surface area contributed by atoms with E-state index in [1.165, 1.54) is 0 Å². The molecule has 24 heavy (non-hydrogen) atoms. The monoisotopic (exact) mass is 343 g/mol. The predicted octanol–water partition coefficient (Wildman–Crippen LogP) is 3.89. The molecule has 0 spiro atoms. The van der Waals surface area contributed by atoms with Crippen LogP contribution in [0.5, 0.6) is 0 Å². The Kier molecular flexibility index (Phi) is 5.53. The van der Waals surface area contributed by atoms with Gasteiger partial charge < -0.3 is 15.1 Å². The largest absolute Gasteiger partial charge is 0.424 e. The minimum absolute atomic E-state index is 0.420. The number of aromatic nitrogens is 3. The Bertz CT molecular complexity index is 741. The number of anilines is 2. The van der Waals surface area contributed by atoms with Crippen LogP contribution in [0.2, 0.25) is 0 Å². The van der Waals surface area contributed by atoms with E-state index in [1.807, 2.05) is 42.9 Å². The van der Waals surface area contributed by atoms with E-state index in [1.54, 1.807) is 11.8 Å². The van der Waals surface area contributed by atoms with Gasteiger partial charge in [-0.2, -0.15) is 4.98 Å². The number of benzene rings is 1. The number of thioether (sulfide) groups is 1. The van der Waals surface area contributed by atoms with Gasteiger partial charge in [0.15, 0.2) is 5.58 Å². The Hall–Kier alpha value is -2.28. The minimum Gasteiger partial charge on any atom is -0.424 e. The van der Waals surface area contributed by atoms with Gasteiger partial charge in [0.2, 0.25) is 5.95 Å². The van der Waals surface area contributed by atoms with E-state index in [9.17, 15) is 0 Å². The molecule has 0 amide bonds. The summed E-state index contributed by atoms with van der Waals surface area (Å²) in [5, 5.41) is 6.57. The molecular formula is C17H21N5OS. The van der Waals surface area contributed by atoms with Crippen molar-refractivity contribution >= 4 is 34.8 Å². The van der Waals surface area contributed by atoms with Gasteiger partial charge in [0.05, 0.1) is 0 Å². The first kappa shape index (κ1) is 16.6. The zero-order valence-corrected chi connectivity index (χ0v) is 14.6. The zero-order chi connectivity index (χ0) is 16.8. The lowest BCUT2D eigenvalue weighted by Gasteiger charge is -2.15. The summed E-state index contributed by atoms with van der Waals surface area (Å²) in [4.78, 5) is 14.1. The van der Waals surface area contributed by atoms with Crippen molar-refractivity contribution in [3.05, 3.63) is 36.7 Å². The highest BCUT2D eigenvalue weighted by Gasteiger charge is 2.10. The van der Waals surface area contributed by atoms with Crippen LogP contribution in [0.25, 0.3) is 11.1 Å². The Morgan fingerprint density at radius 3 is 2.58 bits per heavy atom. The second-order valence-electron chi connectivity index (χ2n) is 5.47. The molecule has 1 unspecified atom stereocenters. The Balaban J connectivity index is 1.52. The van der Waals surface area contributed by atoms with Crippen LogP contribution >= 0.6 is 11.8 Å². The Morgan fingerprint density at radius 2 is 1.88 bits per heavy atom. The topological polar surface area (TPSA) is 75.9 Å². The normalized spacial score (nSPS) is 12.2. The van der Waals surface area contributed by atoms with Crippen LogP contribution in [-0.2, 0) is 0 Å². The smallest absolute Gasteiger partial charge is 0.295 e. The van der Waals surface area contributed by atoms with Gasteiger partial charge >= 0.3 is 0 Å². The minimum atomic E-state index is 0.420. The highest BCUT2D eigenvalue weighted by molar-refractivity contribution is 7.98. The Morgan fingerprint density at radius 1 is 1.12 bits per heavy atom. The van der Waals surface area contributed by atoms with Crippen molar-refractivity contribution < 1.29 is 4.42 Å². The maximum atomic E-state index is 5.68. The molecule has 0 fully saturated rings. The van der Waals surface area contributed by atoms with Crippen LogP contribution in [0.4, 0.5) is 12.0 Å². The molecule has 0 aliphatic carbocycles. The lowest BCUT2D eigenvalue weighted by molar-refractivity contribution is 0.542. The molecule has 2 aromatic heterocycles. The number of hydrogen-bond donors (Lipinski definition) is 2. The lowest BCUT2D eigenvalue weighted by Crippen LogP contribution is -2.22. The van der Waals surface area contributed by atoms with Gasteiger partial charge in [-0.05, 0) is 30.7 Å². The molecule has 2 heterocycles. The van der Waals surface area contributed by atoms with Crippen molar-refractivity contribution in [1.82, 2.24) is 15.0 Å². The molecule has 2 N–H and O–H groups in total. The summed E-state index contributed by atoms with van der Waals surface area (Å²) in [6.07, 6.45) is 6.70. The average molecular weight is 343 g/mol. The molecule has 3 rings (SSSR count). The van der Waals surface area contributed by atoms with Gasteiger partial charge in [-0.1, -0.05) is 19.1 Å². The van der Waals surface area contributed by atoms with E-state index >= 15 is 0 Å². The van der Waals surface area contributed by atoms with E-state index in [2.05, 4.69) is 32.5 Å². The van der Waals surface area contributed by atoms with Crippen LogP contribution < -0.4 is 10.6 Å². The van der Waals surface area contributed by atoms with Crippen molar-refractivity contribution in [1.29, 1.82) is 0 Å². The number of nitrogens with zero attached hydrogens (tertiary/aromatic N) is 3. The molecule has 1 atom stereocenters. The molecule has 126 valence electrons. The number of rotatable bonds is 8. The first-order valence-electron chi connectivity index (χ1n) is 7.98. The standard InChI is InChI=1S/C17H21N5OS/c1-3-12(8-18-16-19-10-13(24-2)11-20-16)9-21-17-22-14-6-4-5-7-15(14)23-17/h4-7,10-12H,3,8-9H2,1-2H3,(H,21,22)(H,18,19,20). The second kappa shape index (κ2) is 8.01. The second-order valence-corrected chi connectivity index (χ2v) is 6.35. The lowest BCUT2D eigenvalue weighted by atomic mass is 10.1. The summed E-state index contributed by atoms with van der Waals surface area (Å²) < 4.78 is 5.68. The quantitative estimate of drug-likeness (QED) is 0.601. The predicted molar refractivity (Wildman–Crippen MR) is 98.6 cm³/mol. The molecule has 0 aliphatic heterocycles. The maximum Gasteiger partial charge on any atom is 0.295 e. The van der Waals surface area contributed by atoms with Crippen molar-refractivity contribution in [2.45, 2.75) is 18.2 Å². The van der Waals surface area contributed by atoms with Crippen LogP contribution in [0.3, 0.4) is 0 Å². The summed E-state index contributed by atoms with van der Waals surface area (Å²) in [6.45, 7) is 3.74. The molecule has 0 bridgehead atoms. The molecule has 0 radical (unpaired) electrons. The van der Waals surface area contributed by atoms with Crippen molar-refractivity contribution in [3.8, 4) is 0 Å². The average Bonchev–Trinajstić information content (AvgIpc) is 3.05. The van der Waals surface area contributed by atoms with Gasteiger partial charge in [-0.15, -0.1) is 11.8 Å². The van der Waals surface area contributed by atoms with E-state index in [4.69, 9.17) is 4.42 Å². The van der Waals surface area contributed by atoms with Gasteiger partial charge in [0, 0.05) is 30.4 Å². The summed E-state index contributed by atoms with van der Waals surface area (Å²) in [7, 11) is 0. The van der Waals surface area contributed by atoms with Crippen molar-refractivity contribution in [3.63, 3.8) is 0 Å². The van der Waals surface area contributed by atoms with E-state index in [0.717, 1.165) is 35.5 Å². The highest BCUT2D eigenvalue weighted by Crippen LogP contribution is 2.18. The van der Waals surface area contributed by atoms with E-state index < -0.39 is 0 Å². The van der Waals surface area contributed by atoms with Crippen molar-refractivity contribution in [2.24, 2.45) is 5.92 Å². The van der Waals surface area contributed by atoms with Crippen molar-refractivity contribution in [2.75, 3.05) is 30.0 Å². The molecular weight excluding hydrogens is 322 g/mol. The molecule has 3 aromatic rings. The fourth-order valence-electron chi connectivity index (χ4n) is 2.29. The van der Waals surface area contributed by atoms with E-state index in [-0.39, 0.29) is 0 Å². The van der Waals surface area contributed by atoms with Gasteiger partial charge in [-0.25, -0.2) is 9.97 Å². The Labute approximate surface area is 145 Å². The maximum absolute atomic E-state index is 5.68. The molecule has 1 aromatic carbocycles. The fraction of sp³-hybridized carbons (Fsp3) is 0.353. The third-order valence-electron chi connectivity index (χ3n) is 3.83. The fourth-order valence-corrected chi connectivity index (χ4v) is 2.61. The zero-order valence-electron chi connectivity index (χ0n) is 13.8. The van der Waals surface area contributed by atoms with Crippen LogP contribution in [0.1, 0.15) is 13.3 Å². The summed E-state index contributed by atoms with van der Waals surface area (Å²) in [6, 6.07) is 8.32. The molecule has 7 heteroatoms. The van der Waals surface area contributed by atoms with Crippen LogP contribution in [0.15, 0.2) is 46.0 Å². The summed E-state index contributed by atoms with van der Waals surface area (Å²) in [5.41, 5.74) is 1.67. The first-order valence-corrected chi connectivity index (χ1v) is 9.20. The number of para-hydroxylation sites is 2. The third-order valence-corrected chi connectivity index (χ3v) is 4.51. The van der Waals surface area contributed by atoms with E-state index in [0.29, 0.717) is 17.9 Å². The first-order chi connectivity index (χ1) is 11.8. The number of oxazole rings is 1. The molecule has 0 aliphatic rings. The summed E-state index contributed by atoms with van der Waals surface area (Å²) in [5.74, 6) is 1.08. The third kappa shape index (κ3) is 4.17. The van der Waals surface area contributed by atoms with Gasteiger partial charge in [-0.3, -0.25) is 0 Å². The number of hydrogen-bond acceptors (Lipinski definition) is 7. The van der Waals surface area contributed by atoms with Crippen LogP contribution in [-0.4, -0.2) is 34.3 Å². The SMILES string of the molecule is CCC(CNc1ncc(SC)cn1)CNc1nc2ccccc2o1.